The van der Waals surface area contributed by atoms with Crippen LogP contribution in [0.25, 0.3) is 0 Å². The minimum absolute atomic E-state index is 0.00832. The molecular weight excluding hydrogens is 264 g/mol. The van der Waals surface area contributed by atoms with Crippen LogP contribution in [0.3, 0.4) is 0 Å². The summed E-state index contributed by atoms with van der Waals surface area (Å²) in [6.07, 6.45) is 6.73. The number of nitrogens with zero attached hydrogens (tertiary/aromatic N) is 2. The fraction of sp³-hybridized carbons (Fsp3) is 0.294. The Morgan fingerprint density at radius 3 is 2.48 bits per heavy atom. The summed E-state index contributed by atoms with van der Waals surface area (Å²) in [5.41, 5.74) is 3.33. The molecule has 0 radical (unpaired) electrons. The van der Waals surface area contributed by atoms with Gasteiger partial charge in [0.2, 0.25) is 0 Å². The molecule has 106 valence electrons. The summed E-state index contributed by atoms with van der Waals surface area (Å²) in [5.74, 6) is -0.00153. The fourth-order valence-electron chi connectivity index (χ4n) is 2.67. The first kappa shape index (κ1) is 13.6. The van der Waals surface area contributed by atoms with Gasteiger partial charge in [-0.2, -0.15) is 0 Å². The predicted molar refractivity (Wildman–Crippen MR) is 78.4 cm³/mol. The van der Waals surface area contributed by atoms with Crippen molar-refractivity contribution in [1.29, 1.82) is 0 Å². The maximum atomic E-state index is 12.2. The third-order valence-electron chi connectivity index (χ3n) is 3.81. The third-order valence-corrected chi connectivity index (χ3v) is 3.81. The minimum Gasteiger partial charge on any atom is -0.294 e. The number of ketones is 2. The summed E-state index contributed by atoms with van der Waals surface area (Å²) in [6, 6.07) is 7.55. The zero-order valence-corrected chi connectivity index (χ0v) is 11.7. The molecule has 2 aromatic rings. The molecule has 0 fully saturated rings. The number of aryl methyl sites for hydroxylation is 2. The lowest BCUT2D eigenvalue weighted by Crippen LogP contribution is -2.08. The van der Waals surface area contributed by atoms with Crippen molar-refractivity contribution in [1.82, 2.24) is 9.97 Å². The van der Waals surface area contributed by atoms with E-state index in [1.807, 2.05) is 18.2 Å². The molecule has 1 aliphatic carbocycles. The number of fused-ring (bicyclic) bond motifs is 1. The predicted octanol–water partition coefficient (Wildman–Crippen LogP) is 2.81. The highest BCUT2D eigenvalue weighted by molar-refractivity contribution is 6.00. The normalized spacial score (nSPS) is 13.0. The Morgan fingerprint density at radius 2 is 1.67 bits per heavy atom. The summed E-state index contributed by atoms with van der Waals surface area (Å²) >= 11 is 0. The van der Waals surface area contributed by atoms with Gasteiger partial charge in [0.1, 0.15) is 0 Å². The number of carbonyl (C=O) groups excluding carboxylic acids is 2. The molecule has 0 aliphatic heterocycles. The maximum Gasteiger partial charge on any atom is 0.200 e. The molecule has 3 rings (SSSR count). The van der Waals surface area contributed by atoms with E-state index in [9.17, 15) is 9.59 Å². The molecule has 0 spiro atoms. The van der Waals surface area contributed by atoms with Gasteiger partial charge in [0.25, 0.3) is 0 Å². The van der Waals surface area contributed by atoms with Crippen LogP contribution in [0.2, 0.25) is 0 Å². The van der Waals surface area contributed by atoms with Gasteiger partial charge in [0, 0.05) is 30.8 Å². The van der Waals surface area contributed by atoms with Crippen molar-refractivity contribution < 1.29 is 9.59 Å². The quantitative estimate of drug-likeness (QED) is 0.790. The summed E-state index contributed by atoms with van der Waals surface area (Å²) in [5, 5.41) is 0. The standard InChI is InChI=1S/C17H16N2O2/c20-15(7-8-16(21)17-18-9-2-10-19-17)14-6-5-12-3-1-4-13(12)11-14/h2,5-6,9-11H,1,3-4,7-8H2. The van der Waals surface area contributed by atoms with E-state index in [1.165, 1.54) is 23.5 Å². The van der Waals surface area contributed by atoms with E-state index in [1.54, 1.807) is 6.07 Å². The summed E-state index contributed by atoms with van der Waals surface area (Å²) < 4.78 is 0. The van der Waals surface area contributed by atoms with Gasteiger partial charge < -0.3 is 0 Å². The van der Waals surface area contributed by atoms with Gasteiger partial charge in [-0.3, -0.25) is 9.59 Å². The van der Waals surface area contributed by atoms with Crippen LogP contribution in [0.1, 0.15) is 51.4 Å². The van der Waals surface area contributed by atoms with Crippen LogP contribution in [0, 0.1) is 0 Å². The highest BCUT2D eigenvalue weighted by Gasteiger charge is 2.16. The third kappa shape index (κ3) is 3.05. The first-order valence-electron chi connectivity index (χ1n) is 7.19. The second-order valence-electron chi connectivity index (χ2n) is 5.26. The molecule has 0 saturated carbocycles. The van der Waals surface area contributed by atoms with Crippen LogP contribution in [0.5, 0.6) is 0 Å². The monoisotopic (exact) mass is 280 g/mol. The molecule has 0 atom stereocenters. The first-order chi connectivity index (χ1) is 10.2. The second-order valence-corrected chi connectivity index (χ2v) is 5.26. The van der Waals surface area contributed by atoms with Crippen LogP contribution in [0.15, 0.2) is 36.7 Å². The van der Waals surface area contributed by atoms with Crippen LogP contribution < -0.4 is 0 Å². The molecule has 4 nitrogen and oxygen atoms in total. The van der Waals surface area contributed by atoms with E-state index in [0.717, 1.165) is 19.3 Å². The Balaban J connectivity index is 1.63. The molecular formula is C17H16N2O2. The summed E-state index contributed by atoms with van der Waals surface area (Å²) in [6.45, 7) is 0. The lowest BCUT2D eigenvalue weighted by atomic mass is 10.0. The number of benzene rings is 1. The number of rotatable bonds is 5. The zero-order valence-electron chi connectivity index (χ0n) is 11.7. The van der Waals surface area contributed by atoms with E-state index >= 15 is 0 Å². The fourth-order valence-corrected chi connectivity index (χ4v) is 2.67. The molecule has 1 heterocycles. The lowest BCUT2D eigenvalue weighted by Gasteiger charge is -2.04. The van der Waals surface area contributed by atoms with Crippen molar-refractivity contribution in [2.45, 2.75) is 32.1 Å². The van der Waals surface area contributed by atoms with Crippen LogP contribution in [-0.4, -0.2) is 21.5 Å². The highest BCUT2D eigenvalue weighted by atomic mass is 16.1. The van der Waals surface area contributed by atoms with E-state index < -0.39 is 0 Å². The van der Waals surface area contributed by atoms with Crippen LogP contribution in [0.4, 0.5) is 0 Å². The van der Waals surface area contributed by atoms with Gasteiger partial charge in [-0.1, -0.05) is 12.1 Å². The summed E-state index contributed by atoms with van der Waals surface area (Å²) in [7, 11) is 0. The van der Waals surface area contributed by atoms with E-state index in [4.69, 9.17) is 0 Å². The average Bonchev–Trinajstić information content (AvgIpc) is 3.00. The smallest absolute Gasteiger partial charge is 0.200 e. The Bertz CT molecular complexity index is 680. The van der Waals surface area contributed by atoms with Gasteiger partial charge in [0.15, 0.2) is 17.4 Å². The molecule has 1 aromatic carbocycles. The summed E-state index contributed by atoms with van der Waals surface area (Å²) in [4.78, 5) is 31.9. The van der Waals surface area contributed by atoms with Crippen LogP contribution >= 0.6 is 0 Å². The van der Waals surface area contributed by atoms with Crippen molar-refractivity contribution in [3.63, 3.8) is 0 Å². The van der Waals surface area contributed by atoms with Gasteiger partial charge in [-0.15, -0.1) is 0 Å². The molecule has 0 amide bonds. The molecule has 4 heteroatoms. The van der Waals surface area contributed by atoms with Gasteiger partial charge in [-0.25, -0.2) is 9.97 Å². The topological polar surface area (TPSA) is 59.9 Å². The SMILES string of the molecule is O=C(CCC(=O)c1ncccn1)c1ccc2c(c1)CCC2. The molecule has 0 unspecified atom stereocenters. The Hall–Kier alpha value is -2.36. The highest BCUT2D eigenvalue weighted by Crippen LogP contribution is 2.23. The van der Waals surface area contributed by atoms with Crippen molar-refractivity contribution >= 4 is 11.6 Å². The number of carbonyl (C=O) groups is 2. The Kier molecular flexibility index (Phi) is 3.86. The first-order valence-corrected chi connectivity index (χ1v) is 7.19. The van der Waals surface area contributed by atoms with Gasteiger partial charge in [-0.05, 0) is 42.5 Å². The van der Waals surface area contributed by atoms with Crippen molar-refractivity contribution in [3.8, 4) is 0 Å². The molecule has 1 aromatic heterocycles. The van der Waals surface area contributed by atoms with Crippen LogP contribution in [-0.2, 0) is 12.8 Å². The molecule has 0 saturated heterocycles. The second kappa shape index (κ2) is 5.95. The number of Topliss-reactive ketones (excluding diaryl/α,β-unsaturated/α-hetero) is 2. The van der Waals surface area contributed by atoms with Crippen molar-refractivity contribution in [3.05, 3.63) is 59.2 Å². The lowest BCUT2D eigenvalue weighted by molar-refractivity contribution is 0.0912. The Labute approximate surface area is 123 Å². The van der Waals surface area contributed by atoms with Crippen molar-refractivity contribution in [2.24, 2.45) is 0 Å². The maximum absolute atomic E-state index is 12.2. The number of hydrogen-bond donors (Lipinski definition) is 0. The Morgan fingerprint density at radius 1 is 0.952 bits per heavy atom. The molecule has 0 bridgehead atoms. The van der Waals surface area contributed by atoms with Crippen molar-refractivity contribution in [2.75, 3.05) is 0 Å². The van der Waals surface area contributed by atoms with Gasteiger partial charge >= 0.3 is 0 Å². The molecule has 1 aliphatic rings. The van der Waals surface area contributed by atoms with E-state index in [2.05, 4.69) is 9.97 Å². The molecule has 21 heavy (non-hydrogen) atoms. The van der Waals surface area contributed by atoms with Gasteiger partial charge in [0.05, 0.1) is 0 Å². The van der Waals surface area contributed by atoms with E-state index in [0.29, 0.717) is 5.56 Å². The van der Waals surface area contributed by atoms with E-state index in [-0.39, 0.29) is 30.2 Å². The minimum atomic E-state index is -0.190. The molecule has 0 N–H and O–H groups in total. The number of aromatic nitrogens is 2. The largest absolute Gasteiger partial charge is 0.294 e. The average molecular weight is 280 g/mol. The zero-order chi connectivity index (χ0) is 14.7. The number of hydrogen-bond acceptors (Lipinski definition) is 4.